The number of nitrogens with zero attached hydrogens (tertiary/aromatic N) is 3. The highest BCUT2D eigenvalue weighted by molar-refractivity contribution is 6.01. The number of carbonyl (C=O) groups excluding carboxylic acids is 2. The Morgan fingerprint density at radius 3 is 2.30 bits per heavy atom. The normalized spacial score (nSPS) is 14.1. The van der Waals surface area contributed by atoms with Gasteiger partial charge in [0.2, 0.25) is 5.91 Å². The second kappa shape index (κ2) is 10.2. The van der Waals surface area contributed by atoms with E-state index in [1.165, 1.54) is 0 Å². The molecule has 3 aromatic carbocycles. The fourth-order valence-electron chi connectivity index (χ4n) is 4.86. The zero-order valence-electron chi connectivity index (χ0n) is 21.2. The molecule has 2 heterocycles. The van der Waals surface area contributed by atoms with Gasteiger partial charge in [-0.3, -0.25) is 9.69 Å². The second-order valence-corrected chi connectivity index (χ2v) is 9.22. The average Bonchev–Trinajstić information content (AvgIpc) is 3.41. The molecule has 37 heavy (non-hydrogen) atoms. The van der Waals surface area contributed by atoms with E-state index in [1.807, 2.05) is 104 Å². The summed E-state index contributed by atoms with van der Waals surface area (Å²) >= 11 is 0. The van der Waals surface area contributed by atoms with Gasteiger partial charge in [-0.1, -0.05) is 54.6 Å². The highest BCUT2D eigenvalue weighted by atomic mass is 16.5. The van der Waals surface area contributed by atoms with Crippen molar-refractivity contribution in [3.8, 4) is 11.4 Å². The van der Waals surface area contributed by atoms with Crippen molar-refractivity contribution < 1.29 is 14.3 Å². The van der Waals surface area contributed by atoms with Gasteiger partial charge in [0, 0.05) is 12.2 Å². The number of benzene rings is 3. The number of urea groups is 1. The fraction of sp³-hybridized carbons (Fsp3) is 0.200. The molecule has 1 aliphatic rings. The number of methoxy groups -OCH3 is 1. The van der Waals surface area contributed by atoms with Crippen molar-refractivity contribution in [1.29, 1.82) is 0 Å². The molecule has 188 valence electrons. The minimum atomic E-state index is -0.363. The maximum absolute atomic E-state index is 14.1. The number of ether oxygens (including phenoxy) is 1. The first-order valence-electron chi connectivity index (χ1n) is 12.3. The van der Waals surface area contributed by atoms with Crippen molar-refractivity contribution in [2.24, 2.45) is 0 Å². The number of fused-ring (bicyclic) bond motifs is 3. The van der Waals surface area contributed by atoms with Crippen molar-refractivity contribution in [2.45, 2.75) is 25.9 Å². The Morgan fingerprint density at radius 2 is 1.57 bits per heavy atom. The summed E-state index contributed by atoms with van der Waals surface area (Å²) < 4.78 is 7.51. The summed E-state index contributed by atoms with van der Waals surface area (Å²) in [7, 11) is 1.56. The van der Waals surface area contributed by atoms with E-state index in [2.05, 4.69) is 9.88 Å². The molecule has 4 aromatic rings. The van der Waals surface area contributed by atoms with Crippen molar-refractivity contribution in [2.75, 3.05) is 23.9 Å². The van der Waals surface area contributed by atoms with Gasteiger partial charge in [0.25, 0.3) is 0 Å². The van der Waals surface area contributed by atoms with Crippen LogP contribution < -0.4 is 15.0 Å². The van der Waals surface area contributed by atoms with Crippen LogP contribution in [0.15, 0.2) is 97.2 Å². The van der Waals surface area contributed by atoms with Crippen molar-refractivity contribution in [3.63, 3.8) is 0 Å². The van der Waals surface area contributed by atoms with E-state index in [4.69, 9.17) is 4.74 Å². The number of amides is 3. The van der Waals surface area contributed by atoms with Crippen molar-refractivity contribution >= 4 is 23.3 Å². The van der Waals surface area contributed by atoms with Crippen molar-refractivity contribution in [1.82, 2.24) is 9.47 Å². The lowest BCUT2D eigenvalue weighted by atomic mass is 9.97. The lowest BCUT2D eigenvalue weighted by Gasteiger charge is -2.40. The maximum atomic E-state index is 14.1. The molecule has 1 N–H and O–H groups in total. The molecule has 0 fully saturated rings. The van der Waals surface area contributed by atoms with Crippen LogP contribution in [-0.2, 0) is 4.79 Å². The summed E-state index contributed by atoms with van der Waals surface area (Å²) in [6, 6.07) is 28.2. The molecule has 1 aromatic heterocycles. The zero-order valence-corrected chi connectivity index (χ0v) is 21.2. The molecular weight excluding hydrogens is 464 g/mol. The van der Waals surface area contributed by atoms with Gasteiger partial charge in [0.1, 0.15) is 18.3 Å². The summed E-state index contributed by atoms with van der Waals surface area (Å²) in [5.41, 5.74) is 4.28. The molecule has 1 atom stereocenters. The van der Waals surface area contributed by atoms with Crippen LogP contribution in [0.5, 0.6) is 5.75 Å². The molecule has 7 heteroatoms. The molecule has 0 bridgehead atoms. The van der Waals surface area contributed by atoms with Gasteiger partial charge in [-0.25, -0.2) is 4.79 Å². The molecule has 0 aliphatic carbocycles. The lowest BCUT2D eigenvalue weighted by molar-refractivity contribution is -0.119. The minimum Gasteiger partial charge on any atom is -0.495 e. The highest BCUT2D eigenvalue weighted by Crippen LogP contribution is 2.42. The summed E-state index contributed by atoms with van der Waals surface area (Å²) in [6.07, 6.45) is 2.02. The van der Waals surface area contributed by atoms with Gasteiger partial charge in [-0.05, 0) is 55.8 Å². The Morgan fingerprint density at radius 1 is 0.892 bits per heavy atom. The van der Waals surface area contributed by atoms with Crippen LogP contribution in [0.3, 0.4) is 0 Å². The summed E-state index contributed by atoms with van der Waals surface area (Å²) in [4.78, 5) is 30.9. The monoisotopic (exact) mass is 494 g/mol. The molecule has 0 saturated carbocycles. The van der Waals surface area contributed by atoms with Crippen LogP contribution in [0.4, 0.5) is 16.2 Å². The number of anilines is 2. The van der Waals surface area contributed by atoms with Crippen LogP contribution in [0, 0.1) is 0 Å². The van der Waals surface area contributed by atoms with Gasteiger partial charge in [-0.2, -0.15) is 0 Å². The molecule has 3 amide bonds. The highest BCUT2D eigenvalue weighted by Gasteiger charge is 2.37. The Balaban J connectivity index is 1.50. The molecule has 0 radical (unpaired) electrons. The Labute approximate surface area is 216 Å². The van der Waals surface area contributed by atoms with Crippen LogP contribution in [0.25, 0.3) is 5.69 Å². The molecule has 7 nitrogen and oxygen atoms in total. The Bertz CT molecular complexity index is 1410. The number of rotatable bonds is 6. The number of para-hydroxylation sites is 4. The Hall–Kier alpha value is -4.52. The van der Waals surface area contributed by atoms with Gasteiger partial charge < -0.3 is 19.5 Å². The van der Waals surface area contributed by atoms with E-state index in [0.717, 1.165) is 22.6 Å². The quantitative estimate of drug-likeness (QED) is 0.365. The third-order valence-corrected chi connectivity index (χ3v) is 6.64. The van der Waals surface area contributed by atoms with Crippen LogP contribution in [0.1, 0.15) is 31.1 Å². The zero-order chi connectivity index (χ0) is 25.9. The molecular formula is C30H30N4O3. The average molecular weight is 495 g/mol. The Kier molecular flexibility index (Phi) is 6.68. The molecule has 0 saturated heterocycles. The minimum absolute atomic E-state index is 0.0863. The third kappa shape index (κ3) is 4.56. The number of nitrogens with one attached hydrogen (secondary N) is 1. The predicted molar refractivity (Wildman–Crippen MR) is 145 cm³/mol. The first-order chi connectivity index (χ1) is 18.0. The molecule has 0 spiro atoms. The van der Waals surface area contributed by atoms with Crippen molar-refractivity contribution in [3.05, 3.63) is 108 Å². The van der Waals surface area contributed by atoms with Crippen LogP contribution >= 0.6 is 0 Å². The van der Waals surface area contributed by atoms with Gasteiger partial charge >= 0.3 is 6.03 Å². The molecule has 5 rings (SSSR count). The predicted octanol–water partition coefficient (Wildman–Crippen LogP) is 5.86. The molecule has 1 unspecified atom stereocenters. The van der Waals surface area contributed by atoms with Crippen LogP contribution in [0.2, 0.25) is 0 Å². The lowest BCUT2D eigenvalue weighted by Crippen LogP contribution is -2.49. The largest absolute Gasteiger partial charge is 0.495 e. The summed E-state index contributed by atoms with van der Waals surface area (Å²) in [5, 5.41) is 2.91. The third-order valence-electron chi connectivity index (χ3n) is 6.64. The first-order valence-corrected chi connectivity index (χ1v) is 12.3. The van der Waals surface area contributed by atoms with Gasteiger partial charge in [0.15, 0.2) is 0 Å². The van der Waals surface area contributed by atoms with Gasteiger partial charge in [0.05, 0.1) is 29.9 Å². The second-order valence-electron chi connectivity index (χ2n) is 9.22. The van der Waals surface area contributed by atoms with E-state index in [0.29, 0.717) is 11.4 Å². The van der Waals surface area contributed by atoms with Crippen LogP contribution in [-0.4, -0.2) is 41.1 Å². The topological polar surface area (TPSA) is 66.8 Å². The summed E-state index contributed by atoms with van der Waals surface area (Å²) in [6.45, 7) is 3.72. The first kappa shape index (κ1) is 24.2. The SMILES string of the molecule is COc1ccccc1NC(=O)N(CC(=O)N1c2ccccc2-n2cccc2C1c1ccccc1)C(C)C. The standard InChI is InChI=1S/C30H30N4O3/c1-21(2)33(30(36)31-23-14-7-10-18-27(23)37-3)20-28(35)34-25-16-9-8-15-24(25)32-19-11-17-26(32)29(34)22-12-5-4-6-13-22/h4-19,21,29H,20H2,1-3H3,(H,31,36). The van der Waals surface area contributed by atoms with E-state index >= 15 is 0 Å². The fourth-order valence-corrected chi connectivity index (χ4v) is 4.86. The number of hydrogen-bond acceptors (Lipinski definition) is 3. The number of carbonyl (C=O) groups is 2. The van der Waals surface area contributed by atoms with E-state index < -0.39 is 0 Å². The molecule has 1 aliphatic heterocycles. The smallest absolute Gasteiger partial charge is 0.322 e. The van der Waals surface area contributed by atoms with E-state index in [1.54, 1.807) is 24.1 Å². The number of hydrogen-bond donors (Lipinski definition) is 1. The van der Waals surface area contributed by atoms with Gasteiger partial charge in [-0.15, -0.1) is 0 Å². The summed E-state index contributed by atoms with van der Waals surface area (Å²) in [5.74, 6) is 0.387. The maximum Gasteiger partial charge on any atom is 0.322 e. The van der Waals surface area contributed by atoms with E-state index in [-0.39, 0.29) is 30.6 Å². The van der Waals surface area contributed by atoms with E-state index in [9.17, 15) is 9.59 Å². The number of aromatic nitrogens is 1.